The van der Waals surface area contributed by atoms with E-state index in [0.29, 0.717) is 13.0 Å². The fourth-order valence-electron chi connectivity index (χ4n) is 1.65. The second-order valence-corrected chi connectivity index (χ2v) is 5.45. The summed E-state index contributed by atoms with van der Waals surface area (Å²) in [7, 11) is 7.71. The summed E-state index contributed by atoms with van der Waals surface area (Å²) in [4.78, 5) is 26.2. The number of nitrogens with two attached hydrogens (primary N) is 1. The molecule has 0 aliphatic rings. The Kier molecular flexibility index (Phi) is 9.11. The first-order chi connectivity index (χ1) is 9.22. The molecule has 7 nitrogen and oxygen atoms in total. The van der Waals surface area contributed by atoms with Crippen LogP contribution in [0.1, 0.15) is 19.3 Å². The van der Waals surface area contributed by atoms with Crippen LogP contribution in [0.4, 0.5) is 0 Å². The Labute approximate surface area is 120 Å². The smallest absolute Gasteiger partial charge is 0.323 e. The van der Waals surface area contributed by atoms with Crippen LogP contribution in [0.15, 0.2) is 0 Å². The molecule has 0 radical (unpaired) electrons. The monoisotopic (exact) mass is 289 g/mol. The van der Waals surface area contributed by atoms with Crippen LogP contribution in [-0.4, -0.2) is 80.3 Å². The maximum atomic E-state index is 11.8. The third-order valence-electron chi connectivity index (χ3n) is 2.72. The van der Waals surface area contributed by atoms with Gasteiger partial charge in [0.25, 0.3) is 0 Å². The highest BCUT2D eigenvalue weighted by Gasteiger charge is 2.21. The molecule has 0 heterocycles. The van der Waals surface area contributed by atoms with Crippen molar-refractivity contribution in [3.63, 3.8) is 0 Å². The summed E-state index contributed by atoms with van der Waals surface area (Å²) < 4.78 is 5.38. The Morgan fingerprint density at radius 1 is 1.15 bits per heavy atom. The van der Waals surface area contributed by atoms with Crippen LogP contribution < -0.4 is 5.73 Å². The van der Waals surface area contributed by atoms with Gasteiger partial charge in [0.05, 0.1) is 0 Å². The van der Waals surface area contributed by atoms with E-state index >= 15 is 0 Å². The molecule has 20 heavy (non-hydrogen) atoms. The number of likely N-dealkylation sites (N-methyl/N-ethyl adjacent to an activating group) is 1. The SMILES string of the molecule is CN(C)CCC(CN(C)C)OC(=O)C(N)CCC(=O)O. The lowest BCUT2D eigenvalue weighted by Crippen LogP contribution is -2.39. The average Bonchev–Trinajstić information content (AvgIpc) is 2.31. The van der Waals surface area contributed by atoms with Crippen LogP contribution >= 0.6 is 0 Å². The van der Waals surface area contributed by atoms with Crippen molar-refractivity contribution < 1.29 is 19.4 Å². The minimum absolute atomic E-state index is 0.0938. The van der Waals surface area contributed by atoms with Gasteiger partial charge < -0.3 is 25.4 Å². The minimum Gasteiger partial charge on any atom is -0.481 e. The van der Waals surface area contributed by atoms with E-state index in [4.69, 9.17) is 15.6 Å². The summed E-state index contributed by atoms with van der Waals surface area (Å²) in [6.45, 7) is 1.42. The van der Waals surface area contributed by atoms with Crippen LogP contribution in [0.25, 0.3) is 0 Å². The summed E-state index contributed by atoms with van der Waals surface area (Å²) >= 11 is 0. The van der Waals surface area contributed by atoms with Crippen LogP contribution in [0.2, 0.25) is 0 Å². The van der Waals surface area contributed by atoms with Gasteiger partial charge in [0.2, 0.25) is 0 Å². The van der Waals surface area contributed by atoms with Crippen molar-refractivity contribution in [2.24, 2.45) is 5.73 Å². The molecule has 0 spiro atoms. The normalized spacial score (nSPS) is 14.3. The van der Waals surface area contributed by atoms with E-state index in [2.05, 4.69) is 0 Å². The third-order valence-corrected chi connectivity index (χ3v) is 2.72. The zero-order chi connectivity index (χ0) is 15.7. The quantitative estimate of drug-likeness (QED) is 0.528. The molecule has 0 bridgehead atoms. The molecule has 2 unspecified atom stereocenters. The van der Waals surface area contributed by atoms with Gasteiger partial charge >= 0.3 is 11.9 Å². The topological polar surface area (TPSA) is 96.1 Å². The van der Waals surface area contributed by atoms with Crippen molar-refractivity contribution >= 4 is 11.9 Å². The molecule has 0 saturated carbocycles. The molecule has 0 amide bonds. The third kappa shape index (κ3) is 9.71. The lowest BCUT2D eigenvalue weighted by molar-refractivity contribution is -0.152. The number of aliphatic carboxylic acids is 1. The van der Waals surface area contributed by atoms with E-state index in [0.717, 1.165) is 6.54 Å². The van der Waals surface area contributed by atoms with Crippen LogP contribution in [0.3, 0.4) is 0 Å². The van der Waals surface area contributed by atoms with Crippen molar-refractivity contribution in [2.45, 2.75) is 31.4 Å². The highest BCUT2D eigenvalue weighted by atomic mass is 16.5. The number of carbonyl (C=O) groups excluding carboxylic acids is 1. The van der Waals surface area contributed by atoms with Gasteiger partial charge in [0.1, 0.15) is 12.1 Å². The van der Waals surface area contributed by atoms with Crippen LogP contribution in [-0.2, 0) is 14.3 Å². The molecule has 0 aromatic heterocycles. The van der Waals surface area contributed by atoms with Crippen molar-refractivity contribution in [2.75, 3.05) is 41.3 Å². The molecular formula is C13H27N3O4. The van der Waals surface area contributed by atoms with Gasteiger partial charge in [-0.25, -0.2) is 0 Å². The fourth-order valence-corrected chi connectivity index (χ4v) is 1.65. The largest absolute Gasteiger partial charge is 0.481 e. The van der Waals surface area contributed by atoms with Gasteiger partial charge in [-0.2, -0.15) is 0 Å². The van der Waals surface area contributed by atoms with Crippen molar-refractivity contribution in [1.82, 2.24) is 9.80 Å². The number of carboxylic acid groups (broad SMARTS) is 1. The number of rotatable bonds is 10. The Balaban J connectivity index is 4.31. The second-order valence-electron chi connectivity index (χ2n) is 5.45. The second kappa shape index (κ2) is 9.68. The lowest BCUT2D eigenvalue weighted by atomic mass is 10.1. The van der Waals surface area contributed by atoms with Crippen molar-refractivity contribution in [3.8, 4) is 0 Å². The van der Waals surface area contributed by atoms with Gasteiger partial charge in [-0.05, 0) is 41.0 Å². The summed E-state index contributed by atoms with van der Waals surface area (Å²) in [6.07, 6.45) is 0.432. The van der Waals surface area contributed by atoms with E-state index < -0.39 is 18.0 Å². The molecule has 118 valence electrons. The number of hydrogen-bond acceptors (Lipinski definition) is 6. The molecule has 0 saturated heterocycles. The highest BCUT2D eigenvalue weighted by molar-refractivity contribution is 5.76. The summed E-state index contributed by atoms with van der Waals surface area (Å²) in [5.41, 5.74) is 5.64. The molecule has 2 atom stereocenters. The van der Waals surface area contributed by atoms with Crippen molar-refractivity contribution in [1.29, 1.82) is 0 Å². The molecule has 0 aliphatic heterocycles. The highest BCUT2D eigenvalue weighted by Crippen LogP contribution is 2.05. The molecule has 3 N–H and O–H groups in total. The van der Waals surface area contributed by atoms with Crippen molar-refractivity contribution in [3.05, 3.63) is 0 Å². The first-order valence-corrected chi connectivity index (χ1v) is 6.69. The number of hydrogen-bond donors (Lipinski definition) is 2. The molecule has 0 rings (SSSR count). The van der Waals surface area contributed by atoms with Gasteiger partial charge in [0, 0.05) is 19.5 Å². The molecule has 0 fully saturated rings. The maximum absolute atomic E-state index is 11.8. The molecular weight excluding hydrogens is 262 g/mol. The number of ether oxygens (including phenoxy) is 1. The lowest BCUT2D eigenvalue weighted by Gasteiger charge is -2.24. The van der Waals surface area contributed by atoms with E-state index in [9.17, 15) is 9.59 Å². The summed E-state index contributed by atoms with van der Waals surface area (Å²) in [6, 6.07) is -0.880. The average molecular weight is 289 g/mol. The molecule has 0 aromatic carbocycles. The Morgan fingerprint density at radius 2 is 1.75 bits per heavy atom. The number of nitrogens with zero attached hydrogens (tertiary/aromatic N) is 2. The summed E-state index contributed by atoms with van der Waals surface area (Å²) in [5, 5.41) is 8.57. The van der Waals surface area contributed by atoms with Gasteiger partial charge in [-0.15, -0.1) is 0 Å². The van der Waals surface area contributed by atoms with E-state index in [1.54, 1.807) is 0 Å². The Bertz CT molecular complexity index is 308. The number of carbonyl (C=O) groups is 2. The first-order valence-electron chi connectivity index (χ1n) is 6.69. The van der Waals surface area contributed by atoms with Gasteiger partial charge in [0.15, 0.2) is 0 Å². The van der Waals surface area contributed by atoms with Gasteiger partial charge in [-0.1, -0.05) is 0 Å². The van der Waals surface area contributed by atoms with Crippen LogP contribution in [0, 0.1) is 0 Å². The maximum Gasteiger partial charge on any atom is 0.323 e. The molecule has 0 aliphatic carbocycles. The minimum atomic E-state index is -0.967. The zero-order valence-corrected chi connectivity index (χ0v) is 12.8. The van der Waals surface area contributed by atoms with E-state index in [1.807, 2.05) is 38.0 Å². The predicted octanol–water partition coefficient (Wildman–Crippen LogP) is -0.396. The summed E-state index contributed by atoms with van der Waals surface area (Å²) in [5.74, 6) is -1.50. The predicted molar refractivity (Wildman–Crippen MR) is 76.5 cm³/mol. The number of carboxylic acids is 1. The number of esters is 1. The first kappa shape index (κ1) is 18.8. The van der Waals surface area contributed by atoms with E-state index in [-0.39, 0.29) is 18.9 Å². The van der Waals surface area contributed by atoms with Crippen LogP contribution in [0.5, 0.6) is 0 Å². The molecule has 7 heteroatoms. The zero-order valence-electron chi connectivity index (χ0n) is 12.8. The fraction of sp³-hybridized carbons (Fsp3) is 0.846. The Morgan fingerprint density at radius 3 is 2.20 bits per heavy atom. The Hall–Kier alpha value is -1.18. The standard InChI is InChI=1S/C13H27N3O4/c1-15(2)8-7-10(9-16(3)4)20-13(19)11(14)5-6-12(17)18/h10-11H,5-9,14H2,1-4H3,(H,17,18). The molecule has 0 aromatic rings. The van der Waals surface area contributed by atoms with E-state index in [1.165, 1.54) is 0 Å². The van der Waals surface area contributed by atoms with Gasteiger partial charge in [-0.3, -0.25) is 9.59 Å².